The zero-order chi connectivity index (χ0) is 14.4. The summed E-state index contributed by atoms with van der Waals surface area (Å²) in [6, 6.07) is 3.44. The molecule has 1 N–H and O–H groups in total. The van der Waals surface area contributed by atoms with Crippen LogP contribution >= 0.6 is 0 Å². The molecule has 0 bridgehead atoms. The van der Waals surface area contributed by atoms with Crippen LogP contribution in [0.5, 0.6) is 0 Å². The summed E-state index contributed by atoms with van der Waals surface area (Å²) in [5.74, 6) is -1.27. The van der Waals surface area contributed by atoms with E-state index in [0.29, 0.717) is 5.56 Å². The van der Waals surface area contributed by atoms with E-state index in [2.05, 4.69) is 4.98 Å². The molecule has 0 radical (unpaired) electrons. The van der Waals surface area contributed by atoms with Gasteiger partial charge in [0.2, 0.25) is 0 Å². The first-order valence-corrected chi connectivity index (χ1v) is 6.10. The van der Waals surface area contributed by atoms with Gasteiger partial charge in [-0.15, -0.1) is 0 Å². The van der Waals surface area contributed by atoms with Crippen LogP contribution in [0.1, 0.15) is 36.3 Å². The lowest BCUT2D eigenvalue weighted by Crippen LogP contribution is -2.35. The summed E-state index contributed by atoms with van der Waals surface area (Å²) >= 11 is 0. The Morgan fingerprint density at radius 3 is 2.79 bits per heavy atom. The molecule has 0 aliphatic carbocycles. The predicted octanol–water partition coefficient (Wildman–Crippen LogP) is 2.05. The van der Waals surface area contributed by atoms with E-state index in [1.54, 1.807) is 24.1 Å². The molecule has 1 atom stereocenters. The molecular weight excluding hydrogens is 244 g/mol. The van der Waals surface area contributed by atoms with Crippen molar-refractivity contribution in [1.29, 1.82) is 0 Å². The number of aliphatic carboxylic acids is 1. The van der Waals surface area contributed by atoms with Crippen molar-refractivity contribution >= 4 is 18.0 Å². The summed E-state index contributed by atoms with van der Waals surface area (Å²) in [7, 11) is 1.72. The average molecular weight is 262 g/mol. The fraction of sp³-hybridized carbons (Fsp3) is 0.357. The molecular formula is C14H18N2O3. The number of carboxylic acid groups (broad SMARTS) is 1. The molecule has 0 aliphatic heterocycles. The van der Waals surface area contributed by atoms with Crippen molar-refractivity contribution in [2.75, 3.05) is 7.05 Å². The molecule has 0 aromatic carbocycles. The largest absolute Gasteiger partial charge is 0.478 e. The van der Waals surface area contributed by atoms with Crippen molar-refractivity contribution in [3.05, 3.63) is 35.7 Å². The van der Waals surface area contributed by atoms with E-state index >= 15 is 0 Å². The number of amides is 1. The number of carboxylic acids is 1. The highest BCUT2D eigenvalue weighted by atomic mass is 16.4. The number of carbonyl (C=O) groups excluding carboxylic acids is 1. The number of hydrogen-bond acceptors (Lipinski definition) is 3. The molecule has 1 unspecified atom stereocenters. The molecule has 0 saturated carbocycles. The standard InChI is InChI=1S/C14H18N2O3/c1-4-10(2)16(3)14(19)13-11(6-5-9-15-13)7-8-12(17)18/h5-10H,4H2,1-3H3,(H,17,18)/b8-7+. The lowest BCUT2D eigenvalue weighted by Gasteiger charge is -2.23. The molecule has 5 heteroatoms. The lowest BCUT2D eigenvalue weighted by atomic mass is 10.1. The monoisotopic (exact) mass is 262 g/mol. The van der Waals surface area contributed by atoms with E-state index in [-0.39, 0.29) is 17.6 Å². The quantitative estimate of drug-likeness (QED) is 0.824. The smallest absolute Gasteiger partial charge is 0.328 e. The molecule has 0 fully saturated rings. The van der Waals surface area contributed by atoms with Crippen LogP contribution in [-0.4, -0.2) is 40.0 Å². The minimum Gasteiger partial charge on any atom is -0.478 e. The van der Waals surface area contributed by atoms with E-state index in [0.717, 1.165) is 12.5 Å². The highest BCUT2D eigenvalue weighted by Crippen LogP contribution is 2.12. The van der Waals surface area contributed by atoms with Gasteiger partial charge in [-0.3, -0.25) is 9.78 Å². The van der Waals surface area contributed by atoms with Gasteiger partial charge in [-0.05, 0) is 25.5 Å². The van der Waals surface area contributed by atoms with Crippen LogP contribution in [0.4, 0.5) is 0 Å². The molecule has 1 amide bonds. The highest BCUT2D eigenvalue weighted by Gasteiger charge is 2.19. The number of rotatable bonds is 5. The Labute approximate surface area is 112 Å². The Morgan fingerprint density at radius 1 is 1.53 bits per heavy atom. The number of aromatic nitrogens is 1. The SMILES string of the molecule is CCC(C)N(C)C(=O)c1ncccc1/C=C/C(=O)O. The number of hydrogen-bond donors (Lipinski definition) is 1. The summed E-state index contributed by atoms with van der Waals surface area (Å²) in [5.41, 5.74) is 0.771. The van der Waals surface area contributed by atoms with Gasteiger partial charge in [-0.25, -0.2) is 4.79 Å². The summed E-state index contributed by atoms with van der Waals surface area (Å²) < 4.78 is 0. The van der Waals surface area contributed by atoms with Crippen LogP contribution in [0.25, 0.3) is 6.08 Å². The third kappa shape index (κ3) is 3.91. The third-order valence-corrected chi connectivity index (χ3v) is 3.02. The van der Waals surface area contributed by atoms with Gasteiger partial charge in [0.05, 0.1) is 0 Å². The van der Waals surface area contributed by atoms with E-state index in [1.165, 1.54) is 12.3 Å². The van der Waals surface area contributed by atoms with Gasteiger partial charge >= 0.3 is 5.97 Å². The number of nitrogens with zero attached hydrogens (tertiary/aromatic N) is 2. The maximum absolute atomic E-state index is 12.3. The van der Waals surface area contributed by atoms with Crippen molar-refractivity contribution in [2.45, 2.75) is 26.3 Å². The first kappa shape index (κ1) is 14.9. The summed E-state index contributed by atoms with van der Waals surface area (Å²) in [4.78, 5) is 28.5. The second-order valence-electron chi connectivity index (χ2n) is 4.29. The summed E-state index contributed by atoms with van der Waals surface area (Å²) in [5, 5.41) is 8.64. The van der Waals surface area contributed by atoms with E-state index in [4.69, 9.17) is 5.11 Å². The molecule has 0 aliphatic rings. The Morgan fingerprint density at radius 2 is 2.21 bits per heavy atom. The Kier molecular flexibility index (Phi) is 5.23. The molecule has 5 nitrogen and oxygen atoms in total. The minimum atomic E-state index is -1.06. The van der Waals surface area contributed by atoms with Gasteiger partial charge < -0.3 is 10.0 Å². The molecule has 1 rings (SSSR count). The Hall–Kier alpha value is -2.17. The fourth-order valence-electron chi connectivity index (χ4n) is 1.53. The van der Waals surface area contributed by atoms with Crippen LogP contribution in [0.3, 0.4) is 0 Å². The third-order valence-electron chi connectivity index (χ3n) is 3.02. The van der Waals surface area contributed by atoms with Crippen LogP contribution < -0.4 is 0 Å². The molecule has 0 spiro atoms. The maximum Gasteiger partial charge on any atom is 0.328 e. The molecule has 0 saturated heterocycles. The van der Waals surface area contributed by atoms with Gasteiger partial charge in [0.1, 0.15) is 5.69 Å². The van der Waals surface area contributed by atoms with Crippen LogP contribution in [0, 0.1) is 0 Å². The number of pyridine rings is 1. The lowest BCUT2D eigenvalue weighted by molar-refractivity contribution is -0.131. The summed E-state index contributed by atoms with van der Waals surface area (Å²) in [6.07, 6.45) is 4.75. The summed E-state index contributed by atoms with van der Waals surface area (Å²) in [6.45, 7) is 3.95. The fourth-order valence-corrected chi connectivity index (χ4v) is 1.53. The minimum absolute atomic E-state index is 0.103. The first-order valence-electron chi connectivity index (χ1n) is 6.10. The van der Waals surface area contributed by atoms with Gasteiger partial charge in [0.15, 0.2) is 0 Å². The highest BCUT2D eigenvalue weighted by molar-refractivity contribution is 5.97. The maximum atomic E-state index is 12.3. The zero-order valence-electron chi connectivity index (χ0n) is 11.3. The Bertz CT molecular complexity index is 497. The van der Waals surface area contributed by atoms with Gasteiger partial charge in [-0.1, -0.05) is 13.0 Å². The van der Waals surface area contributed by atoms with Crippen LogP contribution in [0.15, 0.2) is 24.4 Å². The molecule has 1 aromatic heterocycles. The van der Waals surface area contributed by atoms with E-state index in [9.17, 15) is 9.59 Å². The topological polar surface area (TPSA) is 70.5 Å². The van der Waals surface area contributed by atoms with Gasteiger partial charge in [0.25, 0.3) is 5.91 Å². The van der Waals surface area contributed by atoms with E-state index in [1.807, 2.05) is 13.8 Å². The predicted molar refractivity (Wildman–Crippen MR) is 72.8 cm³/mol. The van der Waals surface area contributed by atoms with Gasteiger partial charge in [0, 0.05) is 30.9 Å². The molecule has 19 heavy (non-hydrogen) atoms. The zero-order valence-corrected chi connectivity index (χ0v) is 11.3. The molecule has 1 heterocycles. The second-order valence-corrected chi connectivity index (χ2v) is 4.29. The van der Waals surface area contributed by atoms with E-state index < -0.39 is 5.97 Å². The first-order chi connectivity index (χ1) is 8.97. The van der Waals surface area contributed by atoms with Crippen LogP contribution in [-0.2, 0) is 4.79 Å². The normalized spacial score (nSPS) is 12.4. The van der Waals surface area contributed by atoms with Crippen molar-refractivity contribution in [3.8, 4) is 0 Å². The van der Waals surface area contributed by atoms with Crippen molar-refractivity contribution in [2.24, 2.45) is 0 Å². The van der Waals surface area contributed by atoms with Crippen molar-refractivity contribution < 1.29 is 14.7 Å². The second kappa shape index (κ2) is 6.68. The Balaban J connectivity index is 3.06. The van der Waals surface area contributed by atoms with Crippen molar-refractivity contribution in [3.63, 3.8) is 0 Å². The number of carbonyl (C=O) groups is 2. The molecule has 1 aromatic rings. The molecule has 102 valence electrons. The average Bonchev–Trinajstić information content (AvgIpc) is 2.42. The van der Waals surface area contributed by atoms with Gasteiger partial charge in [-0.2, -0.15) is 0 Å². The van der Waals surface area contributed by atoms with Crippen LogP contribution in [0.2, 0.25) is 0 Å². The van der Waals surface area contributed by atoms with Crippen molar-refractivity contribution in [1.82, 2.24) is 9.88 Å².